The first-order valence-corrected chi connectivity index (χ1v) is 17.0. The maximum Gasteiger partial charge on any atom is 0.137 e. The van der Waals surface area contributed by atoms with E-state index in [9.17, 15) is 0 Å². The van der Waals surface area contributed by atoms with Crippen molar-refractivity contribution >= 4 is 27.5 Å². The Bertz CT molecular complexity index is 2340. The van der Waals surface area contributed by atoms with E-state index in [-0.39, 0.29) is 11.5 Å². The molecular formula is C44H42N4O. The Labute approximate surface area is 289 Å². The quantitative estimate of drug-likeness (QED) is 0.187. The number of aryl methyl sites for hydroxylation is 3. The van der Waals surface area contributed by atoms with E-state index in [1.54, 1.807) is 0 Å². The molecule has 6 aromatic rings. The molecule has 1 aliphatic heterocycles. The van der Waals surface area contributed by atoms with Gasteiger partial charge in [-0.1, -0.05) is 81.0 Å². The zero-order valence-electron chi connectivity index (χ0n) is 29.3. The van der Waals surface area contributed by atoms with Crippen LogP contribution in [0, 0.1) is 20.8 Å². The Morgan fingerprint density at radius 2 is 1.53 bits per heavy atom. The van der Waals surface area contributed by atoms with Crippen LogP contribution in [0.5, 0.6) is 11.5 Å². The van der Waals surface area contributed by atoms with Gasteiger partial charge < -0.3 is 4.74 Å². The van der Waals surface area contributed by atoms with Gasteiger partial charge in [0.15, 0.2) is 0 Å². The molecule has 8 rings (SSSR count). The van der Waals surface area contributed by atoms with Crippen molar-refractivity contribution in [3.05, 3.63) is 149 Å². The van der Waals surface area contributed by atoms with E-state index in [1.165, 1.54) is 44.2 Å². The highest BCUT2D eigenvalue weighted by Crippen LogP contribution is 2.41. The summed E-state index contributed by atoms with van der Waals surface area (Å²) in [7, 11) is 2.14. The fourth-order valence-electron chi connectivity index (χ4n) is 7.59. The van der Waals surface area contributed by atoms with Crippen LogP contribution in [0.1, 0.15) is 43.0 Å². The molecule has 0 bridgehead atoms. The third-order valence-corrected chi connectivity index (χ3v) is 9.89. The number of likely N-dealkylation sites (N-methyl/N-ethyl adjacent to an activating group) is 1. The van der Waals surface area contributed by atoms with Gasteiger partial charge in [-0.2, -0.15) is 0 Å². The number of ether oxygens (including phenoxy) is 1. The number of hydrazine groups is 1. The Morgan fingerprint density at radius 3 is 2.31 bits per heavy atom. The van der Waals surface area contributed by atoms with Gasteiger partial charge in [-0.3, -0.25) is 9.58 Å². The molecule has 3 heterocycles. The van der Waals surface area contributed by atoms with Crippen LogP contribution in [-0.4, -0.2) is 27.6 Å². The molecule has 4 aromatic carbocycles. The average molecular weight is 643 g/mol. The second kappa shape index (κ2) is 11.6. The molecule has 0 amide bonds. The SMILES string of the molecule is Cc1cc(C)c(-c2cc(Oc3ccc4c5ccccc5n(-c5cc(C(C)(C)C)ccn5)c4c3)cc(N3C=C4C=CC=CC4N3C)c2)c(C)c1. The molecule has 244 valence electrons. The second-order valence-corrected chi connectivity index (χ2v) is 14.5. The number of nitrogens with zero attached hydrogens (tertiary/aromatic N) is 4. The molecule has 1 unspecified atom stereocenters. The van der Waals surface area contributed by atoms with E-state index in [0.29, 0.717) is 0 Å². The highest BCUT2D eigenvalue weighted by atomic mass is 16.5. The van der Waals surface area contributed by atoms with E-state index in [2.05, 4.69) is 179 Å². The zero-order chi connectivity index (χ0) is 34.0. The molecule has 1 aliphatic carbocycles. The summed E-state index contributed by atoms with van der Waals surface area (Å²) < 4.78 is 9.11. The van der Waals surface area contributed by atoms with Crippen molar-refractivity contribution in [1.82, 2.24) is 14.6 Å². The molecule has 5 heteroatoms. The Kier molecular flexibility index (Phi) is 7.34. The third-order valence-electron chi connectivity index (χ3n) is 9.89. The molecule has 0 N–H and O–H groups in total. The summed E-state index contributed by atoms with van der Waals surface area (Å²) in [5, 5.41) is 6.87. The minimum Gasteiger partial charge on any atom is -0.457 e. The molecule has 2 aromatic heterocycles. The van der Waals surface area contributed by atoms with Gasteiger partial charge >= 0.3 is 0 Å². The average Bonchev–Trinajstić information content (AvgIpc) is 3.58. The number of anilines is 1. The number of fused-ring (bicyclic) bond motifs is 4. The van der Waals surface area contributed by atoms with Crippen molar-refractivity contribution in [1.29, 1.82) is 0 Å². The smallest absolute Gasteiger partial charge is 0.137 e. The van der Waals surface area contributed by atoms with Crippen LogP contribution in [0.25, 0.3) is 38.8 Å². The van der Waals surface area contributed by atoms with Crippen molar-refractivity contribution in [2.45, 2.75) is 53.0 Å². The third kappa shape index (κ3) is 5.44. The monoisotopic (exact) mass is 642 g/mol. The number of allylic oxidation sites excluding steroid dienone is 2. The lowest BCUT2D eigenvalue weighted by molar-refractivity contribution is 0.339. The second-order valence-electron chi connectivity index (χ2n) is 14.5. The fourth-order valence-corrected chi connectivity index (χ4v) is 7.59. The van der Waals surface area contributed by atoms with E-state index < -0.39 is 0 Å². The summed E-state index contributed by atoms with van der Waals surface area (Å²) in [5.41, 5.74) is 11.9. The Morgan fingerprint density at radius 1 is 0.755 bits per heavy atom. The van der Waals surface area contributed by atoms with Crippen LogP contribution in [0.4, 0.5) is 5.69 Å². The molecular weight excluding hydrogens is 601 g/mol. The molecule has 0 radical (unpaired) electrons. The van der Waals surface area contributed by atoms with E-state index in [0.717, 1.165) is 39.6 Å². The summed E-state index contributed by atoms with van der Waals surface area (Å²) in [4.78, 5) is 4.87. The first kappa shape index (κ1) is 30.9. The van der Waals surface area contributed by atoms with E-state index >= 15 is 0 Å². The lowest BCUT2D eigenvalue weighted by Crippen LogP contribution is -2.37. The van der Waals surface area contributed by atoms with Gasteiger partial charge in [-0.25, -0.2) is 9.99 Å². The van der Waals surface area contributed by atoms with Crippen LogP contribution in [0.3, 0.4) is 0 Å². The number of pyridine rings is 1. The van der Waals surface area contributed by atoms with Gasteiger partial charge in [-0.05, 0) is 102 Å². The number of benzene rings is 4. The van der Waals surface area contributed by atoms with E-state index in [4.69, 9.17) is 9.72 Å². The predicted molar refractivity (Wildman–Crippen MR) is 204 cm³/mol. The van der Waals surface area contributed by atoms with Crippen LogP contribution in [0.15, 0.2) is 127 Å². The predicted octanol–water partition coefficient (Wildman–Crippen LogP) is 10.9. The lowest BCUT2D eigenvalue weighted by atomic mass is 9.88. The fraction of sp³-hybridized carbons (Fsp3) is 0.205. The lowest BCUT2D eigenvalue weighted by Gasteiger charge is -2.30. The number of hydrogen-bond acceptors (Lipinski definition) is 4. The van der Waals surface area contributed by atoms with Crippen molar-refractivity contribution < 1.29 is 4.74 Å². The van der Waals surface area contributed by atoms with Gasteiger partial charge in [0.1, 0.15) is 17.3 Å². The number of rotatable bonds is 5. The standard InChI is InChI=1S/C44H42N4O/c1-28-20-29(2)43(30(3)21-28)32-22-34(47-27-31-12-8-10-14-39(31)46(47)7)25-36(23-32)49-35-16-17-38-37-13-9-11-15-40(37)48(41(38)26-35)42-24-33(18-19-45-42)44(4,5)6/h8-27,39H,1-7H3. The molecule has 0 saturated heterocycles. The van der Waals surface area contributed by atoms with Crippen molar-refractivity contribution in [2.75, 3.05) is 12.1 Å². The minimum absolute atomic E-state index is 0.00526. The molecule has 0 saturated carbocycles. The van der Waals surface area contributed by atoms with Crippen molar-refractivity contribution in [2.24, 2.45) is 0 Å². The van der Waals surface area contributed by atoms with Gasteiger partial charge in [-0.15, -0.1) is 0 Å². The van der Waals surface area contributed by atoms with Gasteiger partial charge in [0.2, 0.25) is 0 Å². The summed E-state index contributed by atoms with van der Waals surface area (Å²) in [5.74, 6) is 2.46. The van der Waals surface area contributed by atoms with E-state index in [1.807, 2.05) is 6.20 Å². The maximum atomic E-state index is 6.84. The summed E-state index contributed by atoms with van der Waals surface area (Å²) in [6.45, 7) is 13.3. The first-order valence-electron chi connectivity index (χ1n) is 17.0. The van der Waals surface area contributed by atoms with Gasteiger partial charge in [0.25, 0.3) is 0 Å². The van der Waals surface area contributed by atoms with Gasteiger partial charge in [0.05, 0.1) is 22.8 Å². The minimum atomic E-state index is 0.00526. The molecule has 0 spiro atoms. The maximum absolute atomic E-state index is 6.84. The van der Waals surface area contributed by atoms with Crippen molar-refractivity contribution in [3.63, 3.8) is 0 Å². The normalized spacial score (nSPS) is 16.1. The van der Waals surface area contributed by atoms with Crippen LogP contribution in [-0.2, 0) is 5.41 Å². The number of aromatic nitrogens is 2. The number of hydrogen-bond donors (Lipinski definition) is 0. The van der Waals surface area contributed by atoms with Crippen molar-refractivity contribution in [3.8, 4) is 28.4 Å². The van der Waals surface area contributed by atoms with Crippen LogP contribution < -0.4 is 9.75 Å². The summed E-state index contributed by atoms with van der Waals surface area (Å²) in [6.07, 6.45) is 12.8. The van der Waals surface area contributed by atoms with Gasteiger partial charge in [0, 0.05) is 42.3 Å². The van der Waals surface area contributed by atoms with Crippen LogP contribution in [0.2, 0.25) is 0 Å². The molecule has 49 heavy (non-hydrogen) atoms. The topological polar surface area (TPSA) is 33.5 Å². The summed E-state index contributed by atoms with van der Waals surface area (Å²) in [6, 6.07) is 30.6. The largest absolute Gasteiger partial charge is 0.457 e. The molecule has 1 atom stereocenters. The molecule has 0 fully saturated rings. The first-order chi connectivity index (χ1) is 23.5. The Balaban J connectivity index is 1.27. The highest BCUT2D eigenvalue weighted by molar-refractivity contribution is 6.09. The highest BCUT2D eigenvalue weighted by Gasteiger charge is 2.29. The number of para-hydroxylation sites is 1. The Hall–Kier alpha value is -5.39. The summed E-state index contributed by atoms with van der Waals surface area (Å²) >= 11 is 0. The molecule has 5 nitrogen and oxygen atoms in total. The van der Waals surface area contributed by atoms with Crippen LogP contribution >= 0.6 is 0 Å². The molecule has 2 aliphatic rings. The zero-order valence-corrected chi connectivity index (χ0v) is 29.3.